The monoisotopic (exact) mass is 285 g/mol. The molecule has 104 valence electrons. The van der Waals surface area contributed by atoms with Crippen molar-refractivity contribution in [1.29, 1.82) is 0 Å². The first-order valence-electron chi connectivity index (χ1n) is 5.20. The Kier molecular flexibility index (Phi) is 3.26. The fraction of sp³-hybridized carbons (Fsp3) is 0.0909. The molecule has 0 atom stereocenters. The van der Waals surface area contributed by atoms with Crippen LogP contribution in [0.5, 0.6) is 0 Å². The average molecular weight is 285 g/mol. The molecular weight excluding hydrogens is 279 g/mol. The molecule has 9 heteroatoms. The van der Waals surface area contributed by atoms with Crippen LogP contribution in [-0.2, 0) is 6.18 Å². The topological polar surface area (TPSA) is 78.0 Å². The molecular formula is C11H6F3N3O3. The molecule has 1 aromatic carbocycles. The Labute approximate surface area is 109 Å². The van der Waals surface area contributed by atoms with Crippen molar-refractivity contribution in [3.05, 3.63) is 51.8 Å². The second-order valence-electron chi connectivity index (χ2n) is 3.75. The van der Waals surface area contributed by atoms with E-state index < -0.39 is 22.4 Å². The average Bonchev–Trinajstić information content (AvgIpc) is 2.82. The van der Waals surface area contributed by atoms with Crippen LogP contribution in [-0.4, -0.2) is 21.0 Å². The van der Waals surface area contributed by atoms with Gasteiger partial charge in [-0.2, -0.15) is 18.3 Å². The molecule has 0 saturated heterocycles. The Morgan fingerprint density at radius 3 is 2.30 bits per heavy atom. The molecule has 1 aromatic heterocycles. The summed E-state index contributed by atoms with van der Waals surface area (Å²) in [5.74, 6) is 0. The number of non-ortho nitro benzene ring substituents is 1. The third kappa shape index (κ3) is 2.37. The number of nitro benzene ring substituents is 1. The van der Waals surface area contributed by atoms with Crippen molar-refractivity contribution in [2.24, 2.45) is 0 Å². The first kappa shape index (κ1) is 13.7. The molecule has 0 bridgehead atoms. The highest BCUT2D eigenvalue weighted by Crippen LogP contribution is 2.33. The molecule has 0 radical (unpaired) electrons. The number of rotatable bonds is 3. The Bertz CT molecular complexity index is 662. The highest BCUT2D eigenvalue weighted by atomic mass is 19.4. The molecule has 0 spiro atoms. The molecule has 0 fully saturated rings. The maximum absolute atomic E-state index is 12.9. The van der Waals surface area contributed by atoms with Gasteiger partial charge < -0.3 is 0 Å². The van der Waals surface area contributed by atoms with Crippen molar-refractivity contribution < 1.29 is 22.9 Å². The van der Waals surface area contributed by atoms with Crippen LogP contribution < -0.4 is 0 Å². The first-order chi connectivity index (χ1) is 9.34. The van der Waals surface area contributed by atoms with Gasteiger partial charge in [0.25, 0.3) is 5.69 Å². The van der Waals surface area contributed by atoms with E-state index in [0.29, 0.717) is 4.68 Å². The third-order valence-electron chi connectivity index (χ3n) is 2.50. The van der Waals surface area contributed by atoms with Gasteiger partial charge >= 0.3 is 6.18 Å². The van der Waals surface area contributed by atoms with Gasteiger partial charge in [0.05, 0.1) is 22.4 Å². The SMILES string of the molecule is O=Cc1cnn(-c2ccc([N+](=O)[O-])cc2)c1C(F)(F)F. The Hall–Kier alpha value is -2.71. The van der Waals surface area contributed by atoms with Gasteiger partial charge in [-0.15, -0.1) is 0 Å². The van der Waals surface area contributed by atoms with Crippen molar-refractivity contribution in [1.82, 2.24) is 9.78 Å². The minimum atomic E-state index is -4.77. The van der Waals surface area contributed by atoms with Crippen molar-refractivity contribution in [2.45, 2.75) is 6.18 Å². The molecule has 0 aliphatic carbocycles. The van der Waals surface area contributed by atoms with Crippen molar-refractivity contribution in [3.63, 3.8) is 0 Å². The zero-order chi connectivity index (χ0) is 14.9. The standard InChI is InChI=1S/C11H6F3N3O3/c12-11(13,14)10-7(6-18)5-15-16(10)8-1-3-9(4-2-8)17(19)20/h1-6H. The maximum Gasteiger partial charge on any atom is 0.434 e. The lowest BCUT2D eigenvalue weighted by molar-refractivity contribution is -0.384. The Balaban J connectivity index is 2.55. The first-order valence-corrected chi connectivity index (χ1v) is 5.20. The van der Waals surface area contributed by atoms with E-state index >= 15 is 0 Å². The molecule has 0 N–H and O–H groups in total. The second-order valence-corrected chi connectivity index (χ2v) is 3.75. The molecule has 0 saturated carbocycles. The summed E-state index contributed by atoms with van der Waals surface area (Å²) in [7, 11) is 0. The molecule has 1 heterocycles. The van der Waals surface area contributed by atoms with Crippen molar-refractivity contribution >= 4 is 12.0 Å². The molecule has 0 aliphatic heterocycles. The van der Waals surface area contributed by atoms with Gasteiger partial charge in [0, 0.05) is 12.1 Å². The van der Waals surface area contributed by atoms with Crippen LogP contribution in [0.3, 0.4) is 0 Å². The highest BCUT2D eigenvalue weighted by Gasteiger charge is 2.38. The van der Waals surface area contributed by atoms with Crippen LogP contribution in [0, 0.1) is 10.1 Å². The van der Waals surface area contributed by atoms with E-state index in [1.54, 1.807) is 0 Å². The van der Waals surface area contributed by atoms with Crippen LogP contribution >= 0.6 is 0 Å². The van der Waals surface area contributed by atoms with Gasteiger partial charge in [-0.3, -0.25) is 14.9 Å². The number of carbonyl (C=O) groups excluding carboxylic acids is 1. The van der Waals surface area contributed by atoms with Crippen LogP contribution in [0.1, 0.15) is 16.1 Å². The van der Waals surface area contributed by atoms with Crippen LogP contribution in [0.4, 0.5) is 18.9 Å². The van der Waals surface area contributed by atoms with E-state index in [9.17, 15) is 28.1 Å². The number of aromatic nitrogens is 2. The lowest BCUT2D eigenvalue weighted by Gasteiger charge is -2.10. The fourth-order valence-corrected chi connectivity index (χ4v) is 1.64. The van der Waals surface area contributed by atoms with Crippen molar-refractivity contribution in [3.8, 4) is 5.69 Å². The van der Waals surface area contributed by atoms with E-state index in [-0.39, 0.29) is 17.7 Å². The van der Waals surface area contributed by atoms with Gasteiger partial charge in [0.15, 0.2) is 12.0 Å². The summed E-state index contributed by atoms with van der Waals surface area (Å²) < 4.78 is 39.2. The molecule has 0 aliphatic rings. The predicted octanol–water partition coefficient (Wildman–Crippen LogP) is 2.61. The van der Waals surface area contributed by atoms with Gasteiger partial charge in [-0.25, -0.2) is 4.68 Å². The zero-order valence-electron chi connectivity index (χ0n) is 9.66. The summed E-state index contributed by atoms with van der Waals surface area (Å²) in [6, 6.07) is 4.35. The zero-order valence-corrected chi connectivity index (χ0v) is 9.66. The number of alkyl halides is 3. The predicted molar refractivity (Wildman–Crippen MR) is 60.6 cm³/mol. The molecule has 2 rings (SSSR count). The lowest BCUT2D eigenvalue weighted by atomic mass is 10.2. The van der Waals surface area contributed by atoms with E-state index in [1.165, 1.54) is 0 Å². The quantitative estimate of drug-likeness (QED) is 0.493. The number of halogens is 3. The molecule has 6 nitrogen and oxygen atoms in total. The summed E-state index contributed by atoms with van der Waals surface area (Å²) in [4.78, 5) is 20.4. The van der Waals surface area contributed by atoms with E-state index in [2.05, 4.69) is 5.10 Å². The van der Waals surface area contributed by atoms with Gasteiger partial charge in [-0.1, -0.05) is 0 Å². The summed E-state index contributed by atoms with van der Waals surface area (Å²) >= 11 is 0. The third-order valence-corrected chi connectivity index (χ3v) is 2.50. The van der Waals surface area contributed by atoms with Crippen molar-refractivity contribution in [2.75, 3.05) is 0 Å². The van der Waals surface area contributed by atoms with Gasteiger partial charge in [0.1, 0.15) is 0 Å². The van der Waals surface area contributed by atoms with E-state index in [4.69, 9.17) is 0 Å². The molecule has 20 heavy (non-hydrogen) atoms. The summed E-state index contributed by atoms with van der Waals surface area (Å²) in [6.07, 6.45) is -3.93. The summed E-state index contributed by atoms with van der Waals surface area (Å²) in [5.41, 5.74) is -2.11. The molecule has 0 amide bonds. The summed E-state index contributed by atoms with van der Waals surface area (Å²) in [5, 5.41) is 14.0. The minimum Gasteiger partial charge on any atom is -0.298 e. The maximum atomic E-state index is 12.9. The van der Waals surface area contributed by atoms with Gasteiger partial charge in [-0.05, 0) is 12.1 Å². The normalized spacial score (nSPS) is 11.3. The summed E-state index contributed by atoms with van der Waals surface area (Å²) in [6.45, 7) is 0. The number of aldehydes is 1. The minimum absolute atomic E-state index is 0.0315. The second kappa shape index (κ2) is 4.76. The number of nitro groups is 1. The number of hydrogen-bond donors (Lipinski definition) is 0. The van der Waals surface area contributed by atoms with Crippen LogP contribution in [0.15, 0.2) is 30.5 Å². The van der Waals surface area contributed by atoms with E-state index in [0.717, 1.165) is 30.5 Å². The number of benzene rings is 1. The molecule has 0 unspecified atom stereocenters. The Morgan fingerprint density at radius 1 is 1.25 bits per heavy atom. The Morgan fingerprint density at radius 2 is 1.85 bits per heavy atom. The fourth-order valence-electron chi connectivity index (χ4n) is 1.64. The smallest absolute Gasteiger partial charge is 0.298 e. The van der Waals surface area contributed by atoms with Crippen LogP contribution in [0.2, 0.25) is 0 Å². The van der Waals surface area contributed by atoms with Crippen LogP contribution in [0.25, 0.3) is 5.69 Å². The lowest BCUT2D eigenvalue weighted by Crippen LogP contribution is -2.15. The molecule has 2 aromatic rings. The number of hydrogen-bond acceptors (Lipinski definition) is 4. The highest BCUT2D eigenvalue weighted by molar-refractivity contribution is 5.76. The van der Waals surface area contributed by atoms with E-state index in [1.807, 2.05) is 0 Å². The largest absolute Gasteiger partial charge is 0.434 e. The van der Waals surface area contributed by atoms with Gasteiger partial charge in [0.2, 0.25) is 0 Å². The number of nitrogens with zero attached hydrogens (tertiary/aromatic N) is 3. The number of carbonyl (C=O) groups is 1.